The number of anilines is 1. The topological polar surface area (TPSA) is 74.6 Å². The Morgan fingerprint density at radius 1 is 1.23 bits per heavy atom. The van der Waals surface area contributed by atoms with Crippen molar-refractivity contribution in [2.45, 2.75) is 13.0 Å². The van der Waals surface area contributed by atoms with E-state index in [1.807, 2.05) is 47.9 Å². The summed E-state index contributed by atoms with van der Waals surface area (Å²) in [6, 6.07) is 12.9. The minimum absolute atomic E-state index is 0.125. The summed E-state index contributed by atoms with van der Waals surface area (Å²) in [6.45, 7) is 5.60. The molecule has 4 rings (SSSR count). The lowest BCUT2D eigenvalue weighted by molar-refractivity contribution is -0.138. The zero-order valence-electron chi connectivity index (χ0n) is 17.1. The molecule has 1 aliphatic heterocycles. The summed E-state index contributed by atoms with van der Waals surface area (Å²) in [7, 11) is 3.20. The summed E-state index contributed by atoms with van der Waals surface area (Å²) in [6.07, 6.45) is 1.55. The molecule has 0 radical (unpaired) electrons. The van der Waals surface area contributed by atoms with Crippen molar-refractivity contribution in [3.8, 4) is 11.5 Å². The van der Waals surface area contributed by atoms with Crippen LogP contribution >= 0.6 is 0 Å². The lowest BCUT2D eigenvalue weighted by Crippen LogP contribution is -2.29. The second-order valence-corrected chi connectivity index (χ2v) is 6.86. The van der Waals surface area contributed by atoms with Crippen LogP contribution in [-0.4, -0.2) is 36.3 Å². The number of esters is 1. The van der Waals surface area contributed by atoms with Gasteiger partial charge in [0.2, 0.25) is 5.95 Å². The first-order valence-corrected chi connectivity index (χ1v) is 9.53. The van der Waals surface area contributed by atoms with E-state index in [1.165, 1.54) is 0 Å². The molecule has 7 nitrogen and oxygen atoms in total. The zero-order valence-corrected chi connectivity index (χ0v) is 17.1. The minimum Gasteiger partial charge on any atom is -0.497 e. The second-order valence-electron chi connectivity index (χ2n) is 6.86. The molecule has 0 saturated heterocycles. The minimum atomic E-state index is -0.494. The largest absolute Gasteiger partial charge is 0.497 e. The van der Waals surface area contributed by atoms with Crippen LogP contribution in [0.2, 0.25) is 0 Å². The number of hydrogen-bond donors (Lipinski definition) is 1. The molecule has 0 amide bonds. The van der Waals surface area contributed by atoms with Crippen LogP contribution in [0.3, 0.4) is 0 Å². The molecule has 1 aliphatic rings. The maximum Gasteiger partial charge on any atom is 0.338 e. The molecule has 0 bridgehead atoms. The van der Waals surface area contributed by atoms with E-state index in [0.717, 1.165) is 16.6 Å². The zero-order chi connectivity index (χ0) is 21.3. The Hall–Kier alpha value is -3.74. The molecule has 2 heterocycles. The Labute approximate surface area is 174 Å². The second kappa shape index (κ2) is 7.94. The van der Waals surface area contributed by atoms with E-state index >= 15 is 0 Å². The number of nitrogens with zero attached hydrogens (tertiary/aromatic N) is 2. The van der Waals surface area contributed by atoms with Gasteiger partial charge >= 0.3 is 5.97 Å². The van der Waals surface area contributed by atoms with Crippen LogP contribution in [0, 0.1) is 0 Å². The van der Waals surface area contributed by atoms with E-state index in [9.17, 15) is 4.79 Å². The molecule has 7 heteroatoms. The van der Waals surface area contributed by atoms with E-state index in [0.29, 0.717) is 28.7 Å². The van der Waals surface area contributed by atoms with Crippen molar-refractivity contribution < 1.29 is 19.0 Å². The Morgan fingerprint density at radius 3 is 2.77 bits per heavy atom. The number of nitrogens with one attached hydrogen (secondary N) is 1. The van der Waals surface area contributed by atoms with E-state index in [4.69, 9.17) is 19.2 Å². The van der Waals surface area contributed by atoms with Gasteiger partial charge in [-0.25, -0.2) is 9.78 Å². The van der Waals surface area contributed by atoms with Crippen LogP contribution in [0.5, 0.6) is 11.5 Å². The average molecular weight is 405 g/mol. The molecule has 0 unspecified atom stereocenters. The number of ether oxygens (including phenoxy) is 3. The number of methoxy groups -OCH3 is 2. The van der Waals surface area contributed by atoms with Crippen molar-refractivity contribution in [1.82, 2.24) is 9.55 Å². The van der Waals surface area contributed by atoms with Gasteiger partial charge in [0.1, 0.15) is 18.1 Å². The van der Waals surface area contributed by atoms with Crippen molar-refractivity contribution >= 4 is 23.0 Å². The van der Waals surface area contributed by atoms with Gasteiger partial charge in [-0.05, 0) is 31.2 Å². The van der Waals surface area contributed by atoms with Crippen molar-refractivity contribution in [3.05, 3.63) is 72.0 Å². The summed E-state index contributed by atoms with van der Waals surface area (Å²) in [4.78, 5) is 17.8. The van der Waals surface area contributed by atoms with Gasteiger partial charge in [0.15, 0.2) is 0 Å². The predicted molar refractivity (Wildman–Crippen MR) is 115 cm³/mol. The van der Waals surface area contributed by atoms with E-state index in [2.05, 4.69) is 11.9 Å². The Bertz CT molecular complexity index is 1160. The Balaban J connectivity index is 1.98. The standard InChI is InChI=1S/C23H23N3O4/c1-5-12-30-22(27)20-14(2)24-23-25-17-8-6-7-9-18(17)26(23)21(20)16-11-10-15(28-3)13-19(16)29-4/h5-11,13,21H,1,12H2,2-4H3,(H,24,25)/t21-/m0/s1. The normalized spacial score (nSPS) is 15.4. The van der Waals surface area contributed by atoms with E-state index in [1.54, 1.807) is 26.4 Å². The summed E-state index contributed by atoms with van der Waals surface area (Å²) >= 11 is 0. The third-order valence-electron chi connectivity index (χ3n) is 5.12. The number of rotatable bonds is 6. The van der Waals surface area contributed by atoms with Gasteiger partial charge in [-0.3, -0.25) is 4.57 Å². The maximum absolute atomic E-state index is 13.1. The highest BCUT2D eigenvalue weighted by Gasteiger charge is 2.36. The molecule has 154 valence electrons. The van der Waals surface area contributed by atoms with Gasteiger partial charge in [-0.2, -0.15) is 0 Å². The van der Waals surface area contributed by atoms with Gasteiger partial charge in [0.25, 0.3) is 0 Å². The molecular formula is C23H23N3O4. The number of fused-ring (bicyclic) bond motifs is 3. The Morgan fingerprint density at radius 2 is 2.03 bits per heavy atom. The first-order chi connectivity index (χ1) is 14.6. The summed E-state index contributed by atoms with van der Waals surface area (Å²) in [5, 5.41) is 3.26. The quantitative estimate of drug-likeness (QED) is 0.492. The lowest BCUT2D eigenvalue weighted by atomic mass is 9.94. The van der Waals surface area contributed by atoms with Crippen LogP contribution in [0.15, 0.2) is 66.4 Å². The number of hydrogen-bond acceptors (Lipinski definition) is 6. The summed E-state index contributed by atoms with van der Waals surface area (Å²) in [5.41, 5.74) is 3.68. The molecule has 0 spiro atoms. The van der Waals surface area contributed by atoms with Gasteiger partial charge in [-0.15, -0.1) is 0 Å². The Kier molecular flexibility index (Phi) is 5.18. The van der Waals surface area contributed by atoms with Gasteiger partial charge in [0.05, 0.1) is 36.9 Å². The van der Waals surface area contributed by atoms with E-state index in [-0.39, 0.29) is 6.61 Å². The van der Waals surface area contributed by atoms with Crippen molar-refractivity contribution in [2.24, 2.45) is 0 Å². The van der Waals surface area contributed by atoms with Crippen LogP contribution in [0.1, 0.15) is 18.5 Å². The highest BCUT2D eigenvalue weighted by Crippen LogP contribution is 2.43. The number of carbonyl (C=O) groups excluding carboxylic acids is 1. The third-order valence-corrected chi connectivity index (χ3v) is 5.12. The SMILES string of the molecule is C=CCOC(=O)C1=C(C)Nc2nc3ccccc3n2[C@H]1c1ccc(OC)cc1OC. The average Bonchev–Trinajstić information content (AvgIpc) is 3.13. The fourth-order valence-corrected chi connectivity index (χ4v) is 3.78. The van der Waals surface area contributed by atoms with Crippen molar-refractivity contribution in [3.63, 3.8) is 0 Å². The number of allylic oxidation sites excluding steroid dienone is 1. The smallest absolute Gasteiger partial charge is 0.338 e. The highest BCUT2D eigenvalue weighted by atomic mass is 16.5. The van der Waals surface area contributed by atoms with Crippen LogP contribution < -0.4 is 14.8 Å². The lowest BCUT2D eigenvalue weighted by Gasteiger charge is -2.31. The molecular weight excluding hydrogens is 382 g/mol. The molecule has 1 aromatic heterocycles. The number of para-hydroxylation sites is 2. The summed E-state index contributed by atoms with van der Waals surface area (Å²) in [5.74, 6) is 1.49. The number of carbonyl (C=O) groups is 1. The number of imidazole rings is 1. The van der Waals surface area contributed by atoms with Gasteiger partial charge in [-0.1, -0.05) is 24.8 Å². The fourth-order valence-electron chi connectivity index (χ4n) is 3.78. The monoisotopic (exact) mass is 405 g/mol. The molecule has 0 aliphatic carbocycles. The molecule has 1 atom stereocenters. The predicted octanol–water partition coefficient (Wildman–Crippen LogP) is 4.07. The highest BCUT2D eigenvalue weighted by molar-refractivity contribution is 5.94. The molecule has 1 N–H and O–H groups in total. The molecule has 30 heavy (non-hydrogen) atoms. The third kappa shape index (κ3) is 3.18. The van der Waals surface area contributed by atoms with Crippen LogP contribution in [-0.2, 0) is 9.53 Å². The van der Waals surface area contributed by atoms with Gasteiger partial charge < -0.3 is 19.5 Å². The number of aromatic nitrogens is 2. The molecule has 0 fully saturated rings. The summed E-state index contributed by atoms with van der Waals surface area (Å²) < 4.78 is 18.4. The first-order valence-electron chi connectivity index (χ1n) is 9.53. The van der Waals surface area contributed by atoms with E-state index < -0.39 is 12.0 Å². The van der Waals surface area contributed by atoms with Gasteiger partial charge in [0, 0.05) is 17.3 Å². The fraction of sp³-hybridized carbons (Fsp3) is 0.217. The van der Waals surface area contributed by atoms with Crippen molar-refractivity contribution in [1.29, 1.82) is 0 Å². The van der Waals surface area contributed by atoms with Crippen LogP contribution in [0.4, 0.5) is 5.95 Å². The van der Waals surface area contributed by atoms with Crippen molar-refractivity contribution in [2.75, 3.05) is 26.1 Å². The first kappa shape index (κ1) is 19.6. The molecule has 3 aromatic rings. The van der Waals surface area contributed by atoms with Crippen LogP contribution in [0.25, 0.3) is 11.0 Å². The maximum atomic E-state index is 13.1. The molecule has 0 saturated carbocycles. The molecule has 2 aromatic carbocycles. The number of benzene rings is 2.